The van der Waals surface area contributed by atoms with Gasteiger partial charge in [0, 0.05) is 46.1 Å². The minimum Gasteiger partial charge on any atom is -0.496 e. The Morgan fingerprint density at radius 2 is 1.78 bits per heavy atom. The zero-order chi connectivity index (χ0) is 29.5. The number of benzene rings is 1. The summed E-state index contributed by atoms with van der Waals surface area (Å²) >= 11 is 4.95. The summed E-state index contributed by atoms with van der Waals surface area (Å²) in [5, 5.41) is 5.66. The molecule has 5 rings (SSSR count). The summed E-state index contributed by atoms with van der Waals surface area (Å²) in [5.74, 6) is -0.0648. The number of aromatic nitrogens is 3. The van der Waals surface area contributed by atoms with Crippen molar-refractivity contribution >= 4 is 33.2 Å². The van der Waals surface area contributed by atoms with Crippen molar-refractivity contribution in [3.05, 3.63) is 61.3 Å². The van der Waals surface area contributed by atoms with Gasteiger partial charge in [-0.1, -0.05) is 15.9 Å². The first-order valence-corrected chi connectivity index (χ1v) is 14.0. The summed E-state index contributed by atoms with van der Waals surface area (Å²) in [4.78, 5) is 18.8. The Bertz CT molecular complexity index is 1420. The SMILES string of the molecule is COc1ccc(Br)c2c1COC(c1csc(C3CCN(C(=O)Cn4nc(C(F)(F)F)cc4C(F)(F)F)CC3)n1)OC2. The van der Waals surface area contributed by atoms with E-state index in [-0.39, 0.29) is 43.0 Å². The van der Waals surface area contributed by atoms with Crippen molar-refractivity contribution in [3.8, 4) is 5.75 Å². The van der Waals surface area contributed by atoms with Gasteiger partial charge in [-0.05, 0) is 25.0 Å². The maximum Gasteiger partial charge on any atom is 0.435 e. The Morgan fingerprint density at radius 1 is 1.10 bits per heavy atom. The minimum absolute atomic E-state index is 0.0118. The van der Waals surface area contributed by atoms with E-state index < -0.39 is 42.5 Å². The van der Waals surface area contributed by atoms with Crippen molar-refractivity contribution in [3.63, 3.8) is 0 Å². The Balaban J connectivity index is 1.20. The molecule has 16 heteroatoms. The second-order valence-corrected chi connectivity index (χ2v) is 11.2. The Hall–Kier alpha value is -2.69. The van der Waals surface area contributed by atoms with Crippen LogP contribution in [0.5, 0.6) is 5.75 Å². The predicted molar refractivity (Wildman–Crippen MR) is 136 cm³/mol. The van der Waals surface area contributed by atoms with Crippen molar-refractivity contribution < 1.29 is 45.3 Å². The van der Waals surface area contributed by atoms with Gasteiger partial charge in [0.15, 0.2) is 5.69 Å². The molecule has 3 aromatic rings. The average molecular weight is 669 g/mol. The molecule has 1 saturated heterocycles. The molecule has 1 fully saturated rings. The van der Waals surface area contributed by atoms with E-state index in [1.54, 1.807) is 7.11 Å². The monoisotopic (exact) mass is 668 g/mol. The van der Waals surface area contributed by atoms with Crippen LogP contribution >= 0.6 is 27.3 Å². The molecule has 1 atom stereocenters. The maximum atomic E-state index is 13.3. The van der Waals surface area contributed by atoms with Crippen LogP contribution in [0.2, 0.25) is 0 Å². The number of alkyl halides is 6. The molecule has 2 aliphatic heterocycles. The fraction of sp³-hybridized carbons (Fsp3) is 0.480. The van der Waals surface area contributed by atoms with Crippen LogP contribution < -0.4 is 4.74 Å². The van der Waals surface area contributed by atoms with Crippen molar-refractivity contribution in [2.45, 2.75) is 57.2 Å². The third-order valence-electron chi connectivity index (χ3n) is 6.93. The number of amides is 1. The Labute approximate surface area is 242 Å². The zero-order valence-electron chi connectivity index (χ0n) is 21.4. The maximum absolute atomic E-state index is 13.3. The van der Waals surface area contributed by atoms with E-state index in [1.165, 1.54) is 16.2 Å². The number of piperidine rings is 1. The third kappa shape index (κ3) is 6.39. The number of carbonyl (C=O) groups is 1. The molecule has 222 valence electrons. The number of ether oxygens (including phenoxy) is 3. The van der Waals surface area contributed by atoms with Crippen LogP contribution in [-0.2, 0) is 46.4 Å². The highest BCUT2D eigenvalue weighted by Gasteiger charge is 2.42. The number of likely N-dealkylation sites (tertiary alicyclic amines) is 1. The van der Waals surface area contributed by atoms with Crippen LogP contribution in [0.1, 0.15) is 58.3 Å². The van der Waals surface area contributed by atoms with E-state index in [0.29, 0.717) is 24.3 Å². The quantitative estimate of drug-likeness (QED) is 0.297. The molecular weight excluding hydrogens is 646 g/mol. The molecule has 41 heavy (non-hydrogen) atoms. The first kappa shape index (κ1) is 29.8. The van der Waals surface area contributed by atoms with Crippen LogP contribution in [0.3, 0.4) is 0 Å². The van der Waals surface area contributed by atoms with E-state index in [1.807, 2.05) is 17.5 Å². The first-order valence-electron chi connectivity index (χ1n) is 12.4. The highest BCUT2D eigenvalue weighted by atomic mass is 79.9. The molecule has 2 aromatic heterocycles. The average Bonchev–Trinajstić information content (AvgIpc) is 3.52. The van der Waals surface area contributed by atoms with Crippen molar-refractivity contribution in [1.29, 1.82) is 0 Å². The van der Waals surface area contributed by atoms with E-state index >= 15 is 0 Å². The van der Waals surface area contributed by atoms with Crippen LogP contribution in [0, 0.1) is 0 Å². The Morgan fingerprint density at radius 3 is 2.41 bits per heavy atom. The van der Waals surface area contributed by atoms with E-state index in [2.05, 4.69) is 21.0 Å². The molecule has 1 amide bonds. The van der Waals surface area contributed by atoms with Gasteiger partial charge in [-0.15, -0.1) is 11.3 Å². The van der Waals surface area contributed by atoms with Gasteiger partial charge in [0.2, 0.25) is 12.2 Å². The molecule has 8 nitrogen and oxygen atoms in total. The highest BCUT2D eigenvalue weighted by Crippen LogP contribution is 2.38. The van der Waals surface area contributed by atoms with Gasteiger partial charge in [-0.3, -0.25) is 9.48 Å². The van der Waals surface area contributed by atoms with E-state index in [0.717, 1.165) is 20.6 Å². The zero-order valence-corrected chi connectivity index (χ0v) is 23.8. The summed E-state index contributed by atoms with van der Waals surface area (Å²) in [6.07, 6.45) is -9.90. The number of hydrogen-bond acceptors (Lipinski definition) is 7. The number of halogens is 7. The van der Waals surface area contributed by atoms with Crippen molar-refractivity contribution in [1.82, 2.24) is 19.7 Å². The second kappa shape index (κ2) is 11.5. The van der Waals surface area contributed by atoms with Gasteiger partial charge in [-0.2, -0.15) is 31.4 Å². The number of hydrogen-bond donors (Lipinski definition) is 0. The van der Waals surface area contributed by atoms with E-state index in [4.69, 9.17) is 19.2 Å². The van der Waals surface area contributed by atoms with Gasteiger partial charge in [0.05, 0.1) is 25.3 Å². The number of fused-ring (bicyclic) bond motifs is 1. The molecule has 1 unspecified atom stereocenters. The molecule has 0 radical (unpaired) electrons. The lowest BCUT2D eigenvalue weighted by molar-refractivity contribution is -0.155. The summed E-state index contributed by atoms with van der Waals surface area (Å²) < 4.78 is 97.0. The number of thiazole rings is 1. The number of methoxy groups -OCH3 is 1. The lowest BCUT2D eigenvalue weighted by Crippen LogP contribution is -2.40. The summed E-state index contributed by atoms with van der Waals surface area (Å²) in [5.41, 5.74) is -0.922. The van der Waals surface area contributed by atoms with Crippen LogP contribution in [0.15, 0.2) is 28.1 Å². The van der Waals surface area contributed by atoms with Crippen LogP contribution in [0.25, 0.3) is 0 Å². The second-order valence-electron chi connectivity index (χ2n) is 9.49. The topological polar surface area (TPSA) is 78.7 Å². The number of carbonyl (C=O) groups excluding carboxylic acids is 1. The first-order chi connectivity index (χ1) is 19.3. The molecule has 1 aromatic carbocycles. The molecule has 0 saturated carbocycles. The van der Waals surface area contributed by atoms with Crippen LogP contribution in [0.4, 0.5) is 26.3 Å². The van der Waals surface area contributed by atoms with Crippen molar-refractivity contribution in [2.24, 2.45) is 0 Å². The molecule has 0 bridgehead atoms. The highest BCUT2D eigenvalue weighted by molar-refractivity contribution is 9.10. The summed E-state index contributed by atoms with van der Waals surface area (Å²) in [7, 11) is 1.58. The molecule has 0 N–H and O–H groups in total. The van der Waals surface area contributed by atoms with Crippen molar-refractivity contribution in [2.75, 3.05) is 20.2 Å². The normalized spacial score (nSPS) is 18.7. The summed E-state index contributed by atoms with van der Waals surface area (Å²) in [6.45, 7) is 0.0186. The lowest BCUT2D eigenvalue weighted by atomic mass is 9.97. The minimum atomic E-state index is -5.09. The standard InChI is InChI=1S/C25H23BrF6N4O4S/c1-38-18-3-2-16(26)14-10-39-23(40-11-15(14)18)17-12-41-22(33-17)13-4-6-35(7-5-13)21(37)9-36-20(25(30,31)32)8-19(34-36)24(27,28)29/h2-3,8,12-13,23H,4-7,9-11H2,1H3. The van der Waals surface area contributed by atoms with Crippen LogP contribution in [-0.4, -0.2) is 45.8 Å². The number of nitrogens with zero attached hydrogens (tertiary/aromatic N) is 4. The largest absolute Gasteiger partial charge is 0.496 e. The Kier molecular flexibility index (Phi) is 8.38. The van der Waals surface area contributed by atoms with E-state index in [9.17, 15) is 31.1 Å². The molecule has 0 aliphatic carbocycles. The van der Waals surface area contributed by atoms with Gasteiger partial charge < -0.3 is 19.1 Å². The molecular formula is C25H23BrF6N4O4S. The molecule has 0 spiro atoms. The van der Waals surface area contributed by atoms with Gasteiger partial charge in [0.25, 0.3) is 0 Å². The smallest absolute Gasteiger partial charge is 0.435 e. The summed E-state index contributed by atoms with van der Waals surface area (Å²) in [6, 6.07) is 3.63. The fourth-order valence-electron chi connectivity index (χ4n) is 4.79. The van der Waals surface area contributed by atoms with Gasteiger partial charge in [0.1, 0.15) is 23.7 Å². The fourth-order valence-corrected chi connectivity index (χ4v) is 6.27. The van der Waals surface area contributed by atoms with Gasteiger partial charge >= 0.3 is 12.4 Å². The number of rotatable bonds is 5. The molecule has 2 aliphatic rings. The lowest BCUT2D eigenvalue weighted by Gasteiger charge is -2.31. The predicted octanol–water partition coefficient (Wildman–Crippen LogP) is 6.30. The third-order valence-corrected chi connectivity index (χ3v) is 8.70. The molecule has 4 heterocycles. The van der Waals surface area contributed by atoms with Gasteiger partial charge in [-0.25, -0.2) is 4.98 Å².